The molecule has 0 radical (unpaired) electrons. The molecule has 2 atom stereocenters. The van der Waals surface area contributed by atoms with E-state index in [0.29, 0.717) is 0 Å². The second-order valence-electron chi connectivity index (χ2n) is 5.34. The van der Waals surface area contributed by atoms with E-state index in [1.165, 1.54) is 11.1 Å². The van der Waals surface area contributed by atoms with Gasteiger partial charge in [0.2, 0.25) is 0 Å². The molecular formula is C17H14BrNO. The molecule has 4 rings (SSSR count). The highest BCUT2D eigenvalue weighted by Crippen LogP contribution is 2.40. The molecule has 2 unspecified atom stereocenters. The Morgan fingerprint density at radius 2 is 1.85 bits per heavy atom. The number of halogens is 1. The molecule has 1 aliphatic heterocycles. The number of fused-ring (bicyclic) bond motifs is 3. The standard InChI is InChI=1S/C17H14BrNO/c18-13-8-5-12(6-9-13)17-16-14-4-2-1-3-11(14)7-10-15(16)20-19-17/h1-6,8-9,15-16H,7,10H2. The Bertz CT molecular complexity index is 678. The number of hydrogen-bond acceptors (Lipinski definition) is 2. The summed E-state index contributed by atoms with van der Waals surface area (Å²) in [6.45, 7) is 0. The van der Waals surface area contributed by atoms with Crippen molar-refractivity contribution in [2.75, 3.05) is 0 Å². The van der Waals surface area contributed by atoms with Gasteiger partial charge in [0.15, 0.2) is 0 Å². The van der Waals surface area contributed by atoms with Crippen molar-refractivity contribution in [3.8, 4) is 0 Å². The lowest BCUT2D eigenvalue weighted by Gasteiger charge is -2.27. The highest BCUT2D eigenvalue weighted by Gasteiger charge is 2.39. The van der Waals surface area contributed by atoms with Gasteiger partial charge < -0.3 is 4.84 Å². The van der Waals surface area contributed by atoms with Crippen LogP contribution in [-0.2, 0) is 11.3 Å². The third-order valence-corrected chi connectivity index (χ3v) is 4.71. The quantitative estimate of drug-likeness (QED) is 0.766. The van der Waals surface area contributed by atoms with Gasteiger partial charge in [0.05, 0.1) is 11.6 Å². The summed E-state index contributed by atoms with van der Waals surface area (Å²) in [5, 5.41) is 4.38. The molecule has 0 amide bonds. The van der Waals surface area contributed by atoms with E-state index in [4.69, 9.17) is 4.84 Å². The van der Waals surface area contributed by atoms with E-state index in [-0.39, 0.29) is 12.0 Å². The van der Waals surface area contributed by atoms with Gasteiger partial charge in [0.1, 0.15) is 6.10 Å². The highest BCUT2D eigenvalue weighted by molar-refractivity contribution is 9.10. The maximum Gasteiger partial charge on any atom is 0.140 e. The third kappa shape index (κ3) is 1.88. The first-order valence-electron chi connectivity index (χ1n) is 6.90. The minimum atomic E-state index is 0.198. The van der Waals surface area contributed by atoms with Crippen molar-refractivity contribution in [2.45, 2.75) is 24.9 Å². The van der Waals surface area contributed by atoms with Gasteiger partial charge >= 0.3 is 0 Å². The van der Waals surface area contributed by atoms with Gasteiger partial charge in [-0.2, -0.15) is 0 Å². The molecule has 0 bridgehead atoms. The van der Waals surface area contributed by atoms with Gasteiger partial charge in [0.25, 0.3) is 0 Å². The molecule has 2 aliphatic rings. The smallest absolute Gasteiger partial charge is 0.140 e. The molecule has 20 heavy (non-hydrogen) atoms. The van der Waals surface area contributed by atoms with Crippen molar-refractivity contribution >= 4 is 21.6 Å². The molecule has 0 spiro atoms. The van der Waals surface area contributed by atoms with Gasteiger partial charge in [-0.3, -0.25) is 0 Å². The van der Waals surface area contributed by atoms with E-state index in [1.807, 2.05) is 0 Å². The fraction of sp³-hybridized carbons (Fsp3) is 0.235. The van der Waals surface area contributed by atoms with Gasteiger partial charge in [-0.15, -0.1) is 0 Å². The van der Waals surface area contributed by atoms with Crippen molar-refractivity contribution < 1.29 is 4.84 Å². The molecular weight excluding hydrogens is 314 g/mol. The largest absolute Gasteiger partial charge is 0.391 e. The predicted octanol–water partition coefficient (Wildman–Crippen LogP) is 4.28. The molecule has 0 N–H and O–H groups in total. The Balaban J connectivity index is 1.78. The van der Waals surface area contributed by atoms with Crippen LogP contribution in [0.4, 0.5) is 0 Å². The topological polar surface area (TPSA) is 21.6 Å². The molecule has 3 heteroatoms. The van der Waals surface area contributed by atoms with Crippen LogP contribution in [0.3, 0.4) is 0 Å². The van der Waals surface area contributed by atoms with Gasteiger partial charge in [-0.1, -0.05) is 57.5 Å². The van der Waals surface area contributed by atoms with E-state index in [1.54, 1.807) is 0 Å². The molecule has 2 aromatic carbocycles. The summed E-state index contributed by atoms with van der Waals surface area (Å²) in [6.07, 6.45) is 2.33. The van der Waals surface area contributed by atoms with Gasteiger partial charge in [-0.05, 0) is 36.1 Å². The monoisotopic (exact) mass is 327 g/mol. The second kappa shape index (κ2) is 4.74. The normalized spacial score (nSPS) is 23.6. The van der Waals surface area contributed by atoms with E-state index in [2.05, 4.69) is 69.6 Å². The predicted molar refractivity (Wildman–Crippen MR) is 83.1 cm³/mol. The number of benzene rings is 2. The van der Waals surface area contributed by atoms with Crippen molar-refractivity contribution in [1.29, 1.82) is 0 Å². The Hall–Kier alpha value is -1.61. The summed E-state index contributed by atoms with van der Waals surface area (Å²) in [6, 6.07) is 17.0. The zero-order valence-electron chi connectivity index (χ0n) is 10.9. The summed E-state index contributed by atoms with van der Waals surface area (Å²) in [7, 11) is 0. The number of nitrogens with zero attached hydrogens (tertiary/aromatic N) is 1. The maximum atomic E-state index is 5.69. The molecule has 100 valence electrons. The molecule has 1 aliphatic carbocycles. The van der Waals surface area contributed by atoms with Crippen LogP contribution < -0.4 is 0 Å². The first-order chi connectivity index (χ1) is 9.83. The van der Waals surface area contributed by atoms with Crippen molar-refractivity contribution in [3.63, 3.8) is 0 Å². The van der Waals surface area contributed by atoms with Crippen molar-refractivity contribution in [1.82, 2.24) is 0 Å². The molecule has 0 aromatic heterocycles. The van der Waals surface area contributed by atoms with Crippen LogP contribution in [-0.4, -0.2) is 11.8 Å². The maximum absolute atomic E-state index is 5.69. The minimum Gasteiger partial charge on any atom is -0.391 e. The van der Waals surface area contributed by atoms with E-state index in [0.717, 1.165) is 28.6 Å². The fourth-order valence-electron chi connectivity index (χ4n) is 3.20. The van der Waals surface area contributed by atoms with Crippen molar-refractivity contribution in [3.05, 3.63) is 69.7 Å². The first-order valence-corrected chi connectivity index (χ1v) is 7.70. The lowest BCUT2D eigenvalue weighted by molar-refractivity contribution is 0.0663. The Labute approximate surface area is 126 Å². The van der Waals surface area contributed by atoms with Crippen LogP contribution in [0.25, 0.3) is 0 Å². The Kier molecular flexibility index (Phi) is 2.88. The molecule has 0 saturated carbocycles. The van der Waals surface area contributed by atoms with Crippen LogP contribution in [0, 0.1) is 0 Å². The van der Waals surface area contributed by atoms with Crippen LogP contribution >= 0.6 is 15.9 Å². The van der Waals surface area contributed by atoms with Gasteiger partial charge in [-0.25, -0.2) is 0 Å². The molecule has 2 aromatic rings. The average molecular weight is 328 g/mol. The fourth-order valence-corrected chi connectivity index (χ4v) is 3.47. The highest BCUT2D eigenvalue weighted by atomic mass is 79.9. The van der Waals surface area contributed by atoms with Gasteiger partial charge in [0, 0.05) is 10.0 Å². The average Bonchev–Trinajstić information content (AvgIpc) is 2.92. The van der Waals surface area contributed by atoms with Crippen LogP contribution in [0.1, 0.15) is 29.0 Å². The van der Waals surface area contributed by atoms with E-state index < -0.39 is 0 Å². The number of hydrogen-bond donors (Lipinski definition) is 0. The first kappa shape index (κ1) is 12.2. The van der Waals surface area contributed by atoms with Crippen LogP contribution in [0.15, 0.2) is 58.2 Å². The SMILES string of the molecule is Brc1ccc(C2=NOC3CCc4ccccc4C23)cc1. The molecule has 2 nitrogen and oxygen atoms in total. The number of rotatable bonds is 1. The summed E-state index contributed by atoms with van der Waals surface area (Å²) < 4.78 is 1.08. The van der Waals surface area contributed by atoms with Crippen LogP contribution in [0.5, 0.6) is 0 Å². The third-order valence-electron chi connectivity index (χ3n) is 4.18. The zero-order chi connectivity index (χ0) is 13.5. The lowest BCUT2D eigenvalue weighted by Crippen LogP contribution is -2.27. The Morgan fingerprint density at radius 1 is 1.05 bits per heavy atom. The summed E-state index contributed by atoms with van der Waals surface area (Å²) in [4.78, 5) is 5.69. The van der Waals surface area contributed by atoms with Crippen LogP contribution in [0.2, 0.25) is 0 Å². The minimum absolute atomic E-state index is 0.198. The second-order valence-corrected chi connectivity index (χ2v) is 6.26. The number of oxime groups is 1. The summed E-state index contributed by atoms with van der Waals surface area (Å²) in [5.41, 5.74) is 5.03. The Morgan fingerprint density at radius 3 is 2.70 bits per heavy atom. The molecule has 1 heterocycles. The summed E-state index contributed by atoms with van der Waals surface area (Å²) in [5.74, 6) is 0.279. The zero-order valence-corrected chi connectivity index (χ0v) is 12.5. The number of aryl methyl sites for hydroxylation is 1. The van der Waals surface area contributed by atoms with E-state index in [9.17, 15) is 0 Å². The molecule has 0 fully saturated rings. The van der Waals surface area contributed by atoms with Crippen molar-refractivity contribution in [2.24, 2.45) is 5.16 Å². The van der Waals surface area contributed by atoms with E-state index >= 15 is 0 Å². The lowest BCUT2D eigenvalue weighted by atomic mass is 9.77. The molecule has 0 saturated heterocycles. The summed E-state index contributed by atoms with van der Waals surface area (Å²) >= 11 is 3.48.